The Morgan fingerprint density at radius 1 is 1.13 bits per heavy atom. The summed E-state index contributed by atoms with van der Waals surface area (Å²) in [6.45, 7) is 2.95. The van der Waals surface area contributed by atoms with Crippen molar-refractivity contribution in [2.45, 2.75) is 43.4 Å². The number of aliphatic imine (C=N–C) groups is 1. The Morgan fingerprint density at radius 3 is 2.37 bits per heavy atom. The maximum Gasteiger partial charge on any atom is 0.320 e. The highest BCUT2D eigenvalue weighted by Crippen LogP contribution is 2.39. The molecule has 1 heterocycles. The molecule has 2 aromatic carbocycles. The van der Waals surface area contributed by atoms with Gasteiger partial charge in [0.25, 0.3) is 5.91 Å². The fourth-order valence-corrected chi connectivity index (χ4v) is 5.34. The molecule has 3 unspecified atom stereocenters. The van der Waals surface area contributed by atoms with Gasteiger partial charge in [0.15, 0.2) is 5.78 Å². The number of nitrogens with zero attached hydrogens (tertiary/aromatic N) is 2. The third-order valence-corrected chi connectivity index (χ3v) is 8.05. The lowest BCUT2D eigenvalue weighted by Crippen LogP contribution is -2.59. The van der Waals surface area contributed by atoms with Gasteiger partial charge < -0.3 is 21.9 Å². The number of benzodiazepines with no additional fused rings is 1. The molecule has 2 amide bonds. The molecular formula is C26H31N5O5S2. The number of hydrogen-bond donors (Lipinski definition) is 5. The van der Waals surface area contributed by atoms with E-state index < -0.39 is 40.9 Å². The standard InChI is InChI=1S/C26H31N5O5S2/c1-15(32)26(2,38-13-12-18(27)25(35)36)31-20-11-7-6-10-17(20)21(16-8-4-3-5-9-16)29-22(24(31)34)30-23(33)19(28)14-37/h3-11,18-19,22,37H,12-14,27-28H2,1-2H3,(H,30,33)(H,35,36)/t18-,19?,22?,26?/m0/s1. The zero-order valence-electron chi connectivity index (χ0n) is 21.0. The Labute approximate surface area is 230 Å². The summed E-state index contributed by atoms with van der Waals surface area (Å²) in [6.07, 6.45) is -1.31. The fraction of sp³-hybridized carbons (Fsp3) is 0.346. The number of nitrogens with one attached hydrogen (secondary N) is 1. The van der Waals surface area contributed by atoms with E-state index >= 15 is 0 Å². The average Bonchev–Trinajstić information content (AvgIpc) is 3.02. The SMILES string of the molecule is CC(=O)C(C)(SCC[C@H](N)C(=O)O)N1C(=O)C(NC(=O)C(N)CS)N=C(c2ccccc2)c2ccccc21. The molecule has 3 rings (SSSR count). The number of carboxylic acids is 1. The van der Waals surface area contributed by atoms with Crippen LogP contribution in [0.1, 0.15) is 31.4 Å². The number of carbonyl (C=O) groups is 4. The first-order valence-electron chi connectivity index (χ1n) is 11.9. The molecule has 0 aromatic heterocycles. The quantitative estimate of drug-likeness (QED) is 0.258. The predicted molar refractivity (Wildman–Crippen MR) is 152 cm³/mol. The number of hydrogen-bond acceptors (Lipinski definition) is 9. The summed E-state index contributed by atoms with van der Waals surface area (Å²) < 4.78 is 0. The molecule has 0 bridgehead atoms. The highest BCUT2D eigenvalue weighted by Gasteiger charge is 2.46. The summed E-state index contributed by atoms with van der Waals surface area (Å²) in [5, 5.41) is 11.8. The van der Waals surface area contributed by atoms with E-state index in [4.69, 9.17) is 16.6 Å². The van der Waals surface area contributed by atoms with Crippen LogP contribution in [0.3, 0.4) is 0 Å². The minimum Gasteiger partial charge on any atom is -0.480 e. The van der Waals surface area contributed by atoms with Crippen molar-refractivity contribution in [1.82, 2.24) is 5.32 Å². The lowest BCUT2D eigenvalue weighted by Gasteiger charge is -2.40. The Hall–Kier alpha value is -3.19. The van der Waals surface area contributed by atoms with Crippen molar-refractivity contribution in [2.24, 2.45) is 16.5 Å². The van der Waals surface area contributed by atoms with Gasteiger partial charge in [-0.25, -0.2) is 4.99 Å². The van der Waals surface area contributed by atoms with E-state index in [1.54, 1.807) is 31.2 Å². The van der Waals surface area contributed by atoms with Gasteiger partial charge in [-0.3, -0.25) is 24.1 Å². The van der Waals surface area contributed by atoms with E-state index in [1.807, 2.05) is 30.3 Å². The van der Waals surface area contributed by atoms with Gasteiger partial charge in [0.2, 0.25) is 12.1 Å². The monoisotopic (exact) mass is 557 g/mol. The molecule has 1 aliphatic heterocycles. The number of anilines is 1. The highest BCUT2D eigenvalue weighted by molar-refractivity contribution is 8.01. The molecule has 0 saturated carbocycles. The van der Waals surface area contributed by atoms with Crippen LogP contribution in [0, 0.1) is 0 Å². The van der Waals surface area contributed by atoms with Crippen molar-refractivity contribution in [2.75, 3.05) is 16.4 Å². The summed E-state index contributed by atoms with van der Waals surface area (Å²) in [5.74, 6) is -2.54. The summed E-state index contributed by atoms with van der Waals surface area (Å²) in [7, 11) is 0. The number of carboxylic acid groups (broad SMARTS) is 1. The molecule has 12 heteroatoms. The largest absolute Gasteiger partial charge is 0.480 e. The van der Waals surface area contributed by atoms with Crippen molar-refractivity contribution in [1.29, 1.82) is 0 Å². The average molecular weight is 558 g/mol. The van der Waals surface area contributed by atoms with Gasteiger partial charge in [-0.15, -0.1) is 11.8 Å². The van der Waals surface area contributed by atoms with Gasteiger partial charge >= 0.3 is 5.97 Å². The van der Waals surface area contributed by atoms with Crippen molar-refractivity contribution < 1.29 is 24.3 Å². The van der Waals surface area contributed by atoms with E-state index in [0.717, 1.165) is 11.8 Å². The number of Topliss-reactive ketones (excluding diaryl/α,β-unsaturated/α-hetero) is 1. The van der Waals surface area contributed by atoms with Crippen molar-refractivity contribution in [3.8, 4) is 0 Å². The number of amides is 2. The Bertz CT molecular complexity index is 1240. The van der Waals surface area contributed by atoms with E-state index in [0.29, 0.717) is 22.5 Å². The van der Waals surface area contributed by atoms with Crippen LogP contribution in [-0.4, -0.2) is 69.0 Å². The molecule has 0 saturated heterocycles. The number of benzene rings is 2. The second-order valence-corrected chi connectivity index (χ2v) is 10.7. The Kier molecular flexibility index (Phi) is 9.71. The Balaban J connectivity index is 2.17. The number of fused-ring (bicyclic) bond motifs is 1. The lowest BCUT2D eigenvalue weighted by molar-refractivity contribution is -0.138. The molecule has 38 heavy (non-hydrogen) atoms. The van der Waals surface area contributed by atoms with Crippen LogP contribution >= 0.6 is 24.4 Å². The number of para-hydroxylation sites is 1. The molecule has 202 valence electrons. The van der Waals surface area contributed by atoms with Gasteiger partial charge in [0, 0.05) is 16.9 Å². The Morgan fingerprint density at radius 2 is 1.76 bits per heavy atom. The van der Waals surface area contributed by atoms with Crippen molar-refractivity contribution in [3.63, 3.8) is 0 Å². The van der Waals surface area contributed by atoms with Crippen LogP contribution in [0.15, 0.2) is 59.6 Å². The first kappa shape index (κ1) is 29.4. The molecule has 10 nitrogen and oxygen atoms in total. The molecule has 1 aliphatic rings. The number of carbonyl (C=O) groups excluding carboxylic acids is 3. The van der Waals surface area contributed by atoms with E-state index in [9.17, 15) is 19.2 Å². The lowest BCUT2D eigenvalue weighted by atomic mass is 9.99. The number of ketones is 1. The van der Waals surface area contributed by atoms with Gasteiger partial charge in [0.1, 0.15) is 10.9 Å². The molecular weight excluding hydrogens is 526 g/mol. The maximum atomic E-state index is 14.1. The van der Waals surface area contributed by atoms with Gasteiger partial charge in [-0.2, -0.15) is 12.6 Å². The molecule has 0 spiro atoms. The van der Waals surface area contributed by atoms with Crippen LogP contribution in [0.5, 0.6) is 0 Å². The second-order valence-electron chi connectivity index (χ2n) is 8.86. The fourth-order valence-electron chi connectivity index (χ4n) is 3.88. The van der Waals surface area contributed by atoms with Crippen LogP contribution < -0.4 is 21.7 Å². The first-order valence-corrected chi connectivity index (χ1v) is 13.5. The number of thiol groups is 1. The zero-order chi connectivity index (χ0) is 28.0. The summed E-state index contributed by atoms with van der Waals surface area (Å²) in [5.41, 5.74) is 13.7. The number of thioether (sulfide) groups is 1. The van der Waals surface area contributed by atoms with E-state index in [-0.39, 0.29) is 23.7 Å². The van der Waals surface area contributed by atoms with Gasteiger partial charge in [-0.1, -0.05) is 48.5 Å². The third-order valence-electron chi connectivity index (χ3n) is 6.18. The van der Waals surface area contributed by atoms with Crippen molar-refractivity contribution >= 4 is 59.4 Å². The van der Waals surface area contributed by atoms with Gasteiger partial charge in [-0.05, 0) is 32.1 Å². The minimum atomic E-state index is -1.47. The molecule has 4 atom stereocenters. The van der Waals surface area contributed by atoms with Crippen LogP contribution in [0.2, 0.25) is 0 Å². The van der Waals surface area contributed by atoms with Crippen LogP contribution in [-0.2, 0) is 19.2 Å². The van der Waals surface area contributed by atoms with Crippen LogP contribution in [0.25, 0.3) is 0 Å². The molecule has 2 aromatic rings. The smallest absolute Gasteiger partial charge is 0.320 e. The molecule has 0 radical (unpaired) electrons. The first-order chi connectivity index (χ1) is 18.0. The maximum absolute atomic E-state index is 14.1. The summed E-state index contributed by atoms with van der Waals surface area (Å²) in [6, 6.07) is 14.1. The predicted octanol–water partition coefficient (Wildman–Crippen LogP) is 1.41. The number of aliphatic carboxylic acids is 1. The highest BCUT2D eigenvalue weighted by atomic mass is 32.2. The minimum absolute atomic E-state index is 0.0524. The van der Waals surface area contributed by atoms with Crippen LogP contribution in [0.4, 0.5) is 5.69 Å². The van der Waals surface area contributed by atoms with E-state index in [1.165, 1.54) is 11.8 Å². The van der Waals surface area contributed by atoms with Crippen molar-refractivity contribution in [3.05, 3.63) is 65.7 Å². The normalized spacial score (nSPS) is 18.3. The summed E-state index contributed by atoms with van der Waals surface area (Å²) in [4.78, 5) is 55.8. The molecule has 6 N–H and O–H groups in total. The second kappa shape index (κ2) is 12.6. The zero-order valence-corrected chi connectivity index (χ0v) is 22.7. The molecule has 0 aliphatic carbocycles. The summed E-state index contributed by atoms with van der Waals surface area (Å²) >= 11 is 5.18. The number of nitrogens with two attached hydrogens (primary N) is 2. The number of rotatable bonds is 11. The molecule has 0 fully saturated rings. The topological polar surface area (TPSA) is 168 Å². The van der Waals surface area contributed by atoms with E-state index in [2.05, 4.69) is 22.9 Å². The third kappa shape index (κ3) is 6.26. The van der Waals surface area contributed by atoms with Gasteiger partial charge in [0.05, 0.1) is 17.4 Å².